The van der Waals surface area contributed by atoms with Crippen LogP contribution >= 0.6 is 0 Å². The molecule has 1 fully saturated rings. The fourth-order valence-electron chi connectivity index (χ4n) is 4.31. The first-order valence-corrected chi connectivity index (χ1v) is 11.2. The average molecular weight is 365 g/mol. The standard InChI is InChI=1S/C25H36N2/c1-3-5-7-9-21-18-26-25(27-19-21)24-16-14-23(15-17-24)22-12-10-20(11-13-22)8-6-4-2/h10-13,18-19,23-24H,3-9,14-17H2,1-2H3. The van der Waals surface area contributed by atoms with Gasteiger partial charge in [0.05, 0.1) is 0 Å². The van der Waals surface area contributed by atoms with E-state index in [9.17, 15) is 0 Å². The van der Waals surface area contributed by atoms with Crippen LogP contribution in [-0.2, 0) is 12.8 Å². The molecule has 0 N–H and O–H groups in total. The molecule has 2 nitrogen and oxygen atoms in total. The van der Waals surface area contributed by atoms with E-state index >= 15 is 0 Å². The van der Waals surface area contributed by atoms with Crippen LogP contribution in [0.25, 0.3) is 0 Å². The summed E-state index contributed by atoms with van der Waals surface area (Å²) in [4.78, 5) is 9.42. The van der Waals surface area contributed by atoms with Crippen molar-refractivity contribution in [3.05, 3.63) is 59.2 Å². The SMILES string of the molecule is CCCCCc1cnc(C2CCC(c3ccc(CCCC)cc3)CC2)nc1. The predicted molar refractivity (Wildman–Crippen MR) is 114 cm³/mol. The molecule has 1 saturated carbocycles. The maximum absolute atomic E-state index is 4.71. The van der Waals surface area contributed by atoms with Gasteiger partial charge >= 0.3 is 0 Å². The molecule has 1 aliphatic carbocycles. The van der Waals surface area contributed by atoms with Gasteiger partial charge in [0, 0.05) is 18.3 Å². The fraction of sp³-hybridized carbons (Fsp3) is 0.600. The summed E-state index contributed by atoms with van der Waals surface area (Å²) in [5.74, 6) is 2.34. The zero-order valence-corrected chi connectivity index (χ0v) is 17.3. The van der Waals surface area contributed by atoms with E-state index in [-0.39, 0.29) is 0 Å². The van der Waals surface area contributed by atoms with Crippen molar-refractivity contribution in [1.29, 1.82) is 0 Å². The lowest BCUT2D eigenvalue weighted by Gasteiger charge is -2.28. The molecule has 0 amide bonds. The van der Waals surface area contributed by atoms with Crippen molar-refractivity contribution in [2.24, 2.45) is 0 Å². The minimum absolute atomic E-state index is 0.551. The number of aryl methyl sites for hydroxylation is 2. The van der Waals surface area contributed by atoms with E-state index in [0.29, 0.717) is 5.92 Å². The summed E-state index contributed by atoms with van der Waals surface area (Å²) in [5, 5.41) is 0. The highest BCUT2D eigenvalue weighted by atomic mass is 14.9. The van der Waals surface area contributed by atoms with Gasteiger partial charge in [-0.15, -0.1) is 0 Å². The zero-order valence-electron chi connectivity index (χ0n) is 17.3. The number of rotatable bonds is 9. The molecular formula is C25H36N2. The molecular weight excluding hydrogens is 328 g/mol. The molecule has 2 aromatic rings. The van der Waals surface area contributed by atoms with Gasteiger partial charge in [0.2, 0.25) is 0 Å². The van der Waals surface area contributed by atoms with Crippen LogP contribution in [0.4, 0.5) is 0 Å². The van der Waals surface area contributed by atoms with Crippen LogP contribution in [0.5, 0.6) is 0 Å². The van der Waals surface area contributed by atoms with Gasteiger partial charge in [-0.1, -0.05) is 57.4 Å². The molecule has 0 bridgehead atoms. The lowest BCUT2D eigenvalue weighted by Crippen LogP contribution is -2.14. The predicted octanol–water partition coefficient (Wildman–Crippen LogP) is 6.99. The lowest BCUT2D eigenvalue weighted by atomic mass is 9.78. The van der Waals surface area contributed by atoms with Gasteiger partial charge in [-0.2, -0.15) is 0 Å². The summed E-state index contributed by atoms with van der Waals surface area (Å²) in [6, 6.07) is 9.43. The third-order valence-corrected chi connectivity index (χ3v) is 6.16. The molecule has 146 valence electrons. The Labute approximate surface area is 165 Å². The number of aromatic nitrogens is 2. The second-order valence-electron chi connectivity index (χ2n) is 8.30. The van der Waals surface area contributed by atoms with E-state index in [1.807, 2.05) is 0 Å². The minimum Gasteiger partial charge on any atom is -0.241 e. The topological polar surface area (TPSA) is 25.8 Å². The van der Waals surface area contributed by atoms with Crippen molar-refractivity contribution in [3.8, 4) is 0 Å². The number of hydrogen-bond donors (Lipinski definition) is 0. The molecule has 0 aliphatic heterocycles. The lowest BCUT2D eigenvalue weighted by molar-refractivity contribution is 0.385. The quantitative estimate of drug-likeness (QED) is 0.448. The van der Waals surface area contributed by atoms with Crippen LogP contribution < -0.4 is 0 Å². The van der Waals surface area contributed by atoms with Crippen LogP contribution in [0.15, 0.2) is 36.7 Å². The minimum atomic E-state index is 0.551. The summed E-state index contributed by atoms with van der Waals surface area (Å²) in [6.07, 6.45) is 17.8. The van der Waals surface area contributed by atoms with E-state index in [1.54, 1.807) is 0 Å². The Hall–Kier alpha value is -1.70. The summed E-state index contributed by atoms with van der Waals surface area (Å²) >= 11 is 0. The fourth-order valence-corrected chi connectivity index (χ4v) is 4.31. The number of unbranched alkanes of at least 4 members (excludes halogenated alkanes) is 3. The molecule has 0 spiro atoms. The Morgan fingerprint density at radius 2 is 1.30 bits per heavy atom. The van der Waals surface area contributed by atoms with Crippen LogP contribution in [0.1, 0.15) is 106 Å². The molecule has 0 atom stereocenters. The van der Waals surface area contributed by atoms with Crippen molar-refractivity contribution in [2.45, 2.75) is 96.3 Å². The normalized spacial score (nSPS) is 19.9. The molecule has 1 aromatic carbocycles. The maximum atomic E-state index is 4.71. The summed E-state index contributed by atoms with van der Waals surface area (Å²) < 4.78 is 0. The van der Waals surface area contributed by atoms with E-state index in [4.69, 9.17) is 9.97 Å². The first kappa shape index (κ1) is 20.0. The van der Waals surface area contributed by atoms with Gasteiger partial charge in [-0.3, -0.25) is 0 Å². The highest BCUT2D eigenvalue weighted by Crippen LogP contribution is 2.39. The summed E-state index contributed by atoms with van der Waals surface area (Å²) in [5.41, 5.74) is 4.31. The molecule has 3 rings (SSSR count). The third-order valence-electron chi connectivity index (χ3n) is 6.16. The van der Waals surface area contributed by atoms with Crippen molar-refractivity contribution in [1.82, 2.24) is 9.97 Å². The third kappa shape index (κ3) is 5.89. The molecule has 2 heteroatoms. The monoisotopic (exact) mass is 364 g/mol. The van der Waals surface area contributed by atoms with Gasteiger partial charge in [0.25, 0.3) is 0 Å². The molecule has 1 heterocycles. The summed E-state index contributed by atoms with van der Waals surface area (Å²) in [7, 11) is 0. The second-order valence-corrected chi connectivity index (χ2v) is 8.30. The van der Waals surface area contributed by atoms with Gasteiger partial charge in [-0.05, 0) is 74.0 Å². The highest BCUT2D eigenvalue weighted by Gasteiger charge is 2.25. The molecule has 27 heavy (non-hydrogen) atoms. The van der Waals surface area contributed by atoms with Gasteiger partial charge in [-0.25, -0.2) is 9.97 Å². The molecule has 0 unspecified atom stereocenters. The number of benzene rings is 1. The van der Waals surface area contributed by atoms with Gasteiger partial charge in [0.1, 0.15) is 5.82 Å². The van der Waals surface area contributed by atoms with Gasteiger partial charge in [0.15, 0.2) is 0 Å². The van der Waals surface area contributed by atoms with Crippen LogP contribution in [0.3, 0.4) is 0 Å². The van der Waals surface area contributed by atoms with Crippen molar-refractivity contribution in [2.75, 3.05) is 0 Å². The highest BCUT2D eigenvalue weighted by molar-refractivity contribution is 5.26. The Kier molecular flexibility index (Phi) is 7.86. The van der Waals surface area contributed by atoms with Crippen molar-refractivity contribution >= 4 is 0 Å². The molecule has 0 radical (unpaired) electrons. The average Bonchev–Trinajstić information content (AvgIpc) is 2.73. The zero-order chi connectivity index (χ0) is 18.9. The Morgan fingerprint density at radius 3 is 1.93 bits per heavy atom. The van der Waals surface area contributed by atoms with Gasteiger partial charge < -0.3 is 0 Å². The molecule has 1 aromatic heterocycles. The van der Waals surface area contributed by atoms with Crippen LogP contribution in [0, 0.1) is 0 Å². The van der Waals surface area contributed by atoms with E-state index in [2.05, 4.69) is 50.5 Å². The second kappa shape index (κ2) is 10.6. The Bertz CT molecular complexity index is 652. The first-order valence-electron chi connectivity index (χ1n) is 11.2. The summed E-state index contributed by atoms with van der Waals surface area (Å²) in [6.45, 7) is 4.51. The van der Waals surface area contributed by atoms with Crippen molar-refractivity contribution < 1.29 is 0 Å². The Balaban J connectivity index is 1.49. The molecule has 0 saturated heterocycles. The van der Waals surface area contributed by atoms with E-state index < -0.39 is 0 Å². The Morgan fingerprint density at radius 1 is 0.704 bits per heavy atom. The first-order chi connectivity index (χ1) is 13.3. The maximum Gasteiger partial charge on any atom is 0.131 e. The van der Waals surface area contributed by atoms with E-state index in [0.717, 1.165) is 18.2 Å². The molecule has 1 aliphatic rings. The van der Waals surface area contributed by atoms with Crippen LogP contribution in [0.2, 0.25) is 0 Å². The number of hydrogen-bond acceptors (Lipinski definition) is 2. The number of nitrogens with zero attached hydrogens (tertiary/aromatic N) is 2. The van der Waals surface area contributed by atoms with E-state index in [1.165, 1.54) is 80.9 Å². The largest absolute Gasteiger partial charge is 0.241 e. The smallest absolute Gasteiger partial charge is 0.131 e. The van der Waals surface area contributed by atoms with Crippen molar-refractivity contribution in [3.63, 3.8) is 0 Å². The van der Waals surface area contributed by atoms with Crippen LogP contribution in [-0.4, -0.2) is 9.97 Å².